The van der Waals surface area contributed by atoms with E-state index in [1.807, 2.05) is 0 Å². The molecule has 1 aliphatic heterocycles. The van der Waals surface area contributed by atoms with Crippen LogP contribution in [-0.4, -0.2) is 48.1 Å². The molecule has 110 valence electrons. The first-order valence-corrected chi connectivity index (χ1v) is 7.39. The topological polar surface area (TPSA) is 69.6 Å². The quantitative estimate of drug-likeness (QED) is 0.493. The third-order valence-electron chi connectivity index (χ3n) is 3.48. The van der Waals surface area contributed by atoms with Gasteiger partial charge in [-0.2, -0.15) is 0 Å². The number of amides is 1. The Morgan fingerprint density at radius 3 is 2.37 bits per heavy atom. The monoisotopic (exact) mass is 270 g/mol. The second-order valence-electron chi connectivity index (χ2n) is 5.24. The normalized spacial score (nSPS) is 16.2. The lowest BCUT2D eigenvalue weighted by atomic mass is 10.1. The number of likely N-dealkylation sites (tertiary alicyclic amines) is 1. The predicted molar refractivity (Wildman–Crippen MR) is 74.0 cm³/mol. The smallest absolute Gasteiger partial charge is 0.312 e. The van der Waals surface area contributed by atoms with Gasteiger partial charge in [0.25, 0.3) is 0 Å². The van der Waals surface area contributed by atoms with E-state index in [-0.39, 0.29) is 5.91 Å². The van der Waals surface area contributed by atoms with Gasteiger partial charge in [0.15, 0.2) is 0 Å². The van der Waals surface area contributed by atoms with Crippen molar-refractivity contribution >= 4 is 11.9 Å². The molecule has 0 aromatic rings. The van der Waals surface area contributed by atoms with Crippen LogP contribution in [0.2, 0.25) is 0 Å². The van der Waals surface area contributed by atoms with Crippen molar-refractivity contribution in [3.63, 3.8) is 0 Å². The molecular weight excluding hydrogens is 244 g/mol. The Labute approximate surface area is 115 Å². The average molecular weight is 270 g/mol. The van der Waals surface area contributed by atoms with Crippen LogP contribution >= 0.6 is 0 Å². The molecule has 0 aromatic heterocycles. The maximum atomic E-state index is 11.1. The molecule has 0 aromatic carbocycles. The number of unbranched alkanes of at least 4 members (excludes halogenated alkanes) is 3. The number of rotatable bonds is 9. The van der Waals surface area contributed by atoms with Gasteiger partial charge in [-0.25, -0.2) is 0 Å². The van der Waals surface area contributed by atoms with Gasteiger partial charge in [-0.05, 0) is 45.3 Å². The SMILES string of the molecule is O=C(O)CC(=O)NCCCCCCN1CCCCC1. The van der Waals surface area contributed by atoms with E-state index in [1.54, 1.807) is 0 Å². The highest BCUT2D eigenvalue weighted by Crippen LogP contribution is 2.10. The first kappa shape index (κ1) is 16.0. The first-order chi connectivity index (χ1) is 9.18. The predicted octanol–water partition coefficient (Wildman–Crippen LogP) is 1.62. The van der Waals surface area contributed by atoms with Gasteiger partial charge in [0.2, 0.25) is 5.91 Å². The highest BCUT2D eigenvalue weighted by atomic mass is 16.4. The number of hydrogen-bond donors (Lipinski definition) is 2. The van der Waals surface area contributed by atoms with Gasteiger partial charge in [0.05, 0.1) is 0 Å². The lowest BCUT2D eigenvalue weighted by molar-refractivity contribution is -0.140. The molecule has 0 spiro atoms. The number of carbonyl (C=O) groups excluding carboxylic acids is 1. The summed E-state index contributed by atoms with van der Waals surface area (Å²) in [4.78, 5) is 23.9. The number of carboxylic acid groups (broad SMARTS) is 1. The van der Waals surface area contributed by atoms with E-state index >= 15 is 0 Å². The number of carbonyl (C=O) groups is 2. The molecule has 19 heavy (non-hydrogen) atoms. The largest absolute Gasteiger partial charge is 0.481 e. The highest BCUT2D eigenvalue weighted by molar-refractivity contribution is 5.93. The third kappa shape index (κ3) is 8.59. The Balaban J connectivity index is 1.85. The zero-order valence-electron chi connectivity index (χ0n) is 11.7. The van der Waals surface area contributed by atoms with Crippen LogP contribution in [0, 0.1) is 0 Å². The summed E-state index contributed by atoms with van der Waals surface area (Å²) in [6, 6.07) is 0. The van der Waals surface area contributed by atoms with Gasteiger partial charge < -0.3 is 15.3 Å². The number of aliphatic carboxylic acids is 1. The van der Waals surface area contributed by atoms with Crippen LogP contribution in [0.4, 0.5) is 0 Å². The van der Waals surface area contributed by atoms with Crippen molar-refractivity contribution in [3.05, 3.63) is 0 Å². The van der Waals surface area contributed by atoms with E-state index in [1.165, 1.54) is 51.7 Å². The molecule has 5 nitrogen and oxygen atoms in total. The second-order valence-corrected chi connectivity index (χ2v) is 5.24. The van der Waals surface area contributed by atoms with E-state index in [9.17, 15) is 9.59 Å². The van der Waals surface area contributed by atoms with Gasteiger partial charge >= 0.3 is 5.97 Å². The van der Waals surface area contributed by atoms with E-state index < -0.39 is 12.4 Å². The summed E-state index contributed by atoms with van der Waals surface area (Å²) in [7, 11) is 0. The molecule has 1 aliphatic rings. The van der Waals surface area contributed by atoms with Crippen molar-refractivity contribution in [2.75, 3.05) is 26.2 Å². The molecule has 0 unspecified atom stereocenters. The second kappa shape index (κ2) is 9.78. The molecule has 0 atom stereocenters. The summed E-state index contributed by atoms with van der Waals surface area (Å²) in [6.07, 6.45) is 8.09. The van der Waals surface area contributed by atoms with Gasteiger partial charge in [0, 0.05) is 6.54 Å². The molecule has 1 amide bonds. The van der Waals surface area contributed by atoms with Crippen LogP contribution in [0.1, 0.15) is 51.4 Å². The minimum Gasteiger partial charge on any atom is -0.481 e. The van der Waals surface area contributed by atoms with Crippen molar-refractivity contribution < 1.29 is 14.7 Å². The maximum absolute atomic E-state index is 11.1. The average Bonchev–Trinajstić information content (AvgIpc) is 2.38. The van der Waals surface area contributed by atoms with Crippen molar-refractivity contribution in [1.29, 1.82) is 0 Å². The van der Waals surface area contributed by atoms with Crippen molar-refractivity contribution in [2.24, 2.45) is 0 Å². The van der Waals surface area contributed by atoms with E-state index in [0.717, 1.165) is 12.8 Å². The number of piperidine rings is 1. The highest BCUT2D eigenvalue weighted by Gasteiger charge is 2.09. The van der Waals surface area contributed by atoms with Crippen molar-refractivity contribution in [3.8, 4) is 0 Å². The summed E-state index contributed by atoms with van der Waals surface area (Å²) in [5, 5.41) is 11.0. The van der Waals surface area contributed by atoms with Crippen LogP contribution in [-0.2, 0) is 9.59 Å². The fourth-order valence-electron chi connectivity index (χ4n) is 2.42. The van der Waals surface area contributed by atoms with Gasteiger partial charge in [0.1, 0.15) is 6.42 Å². The summed E-state index contributed by atoms with van der Waals surface area (Å²) in [6.45, 7) is 4.30. The van der Waals surface area contributed by atoms with E-state index in [2.05, 4.69) is 10.2 Å². The summed E-state index contributed by atoms with van der Waals surface area (Å²) >= 11 is 0. The molecule has 0 saturated carbocycles. The fourth-order valence-corrected chi connectivity index (χ4v) is 2.42. The minimum atomic E-state index is -1.07. The number of carboxylic acids is 1. The number of hydrogen-bond acceptors (Lipinski definition) is 3. The summed E-state index contributed by atoms with van der Waals surface area (Å²) < 4.78 is 0. The van der Waals surface area contributed by atoms with Crippen molar-refractivity contribution in [1.82, 2.24) is 10.2 Å². The molecule has 0 bridgehead atoms. The Kier molecular flexibility index (Phi) is 8.21. The van der Waals surface area contributed by atoms with Crippen LogP contribution < -0.4 is 5.32 Å². The van der Waals surface area contributed by atoms with Gasteiger partial charge in [-0.3, -0.25) is 9.59 Å². The van der Waals surface area contributed by atoms with E-state index in [0.29, 0.717) is 6.54 Å². The molecule has 1 rings (SSSR count). The molecule has 1 saturated heterocycles. The zero-order chi connectivity index (χ0) is 13.9. The lowest BCUT2D eigenvalue weighted by Crippen LogP contribution is -2.30. The minimum absolute atomic E-state index is 0.388. The lowest BCUT2D eigenvalue weighted by Gasteiger charge is -2.26. The van der Waals surface area contributed by atoms with Crippen LogP contribution in [0.5, 0.6) is 0 Å². The Morgan fingerprint density at radius 1 is 1.00 bits per heavy atom. The number of nitrogens with zero attached hydrogens (tertiary/aromatic N) is 1. The summed E-state index contributed by atoms with van der Waals surface area (Å²) in [5.74, 6) is -1.46. The molecular formula is C14H26N2O3. The summed E-state index contributed by atoms with van der Waals surface area (Å²) in [5.41, 5.74) is 0. The zero-order valence-corrected chi connectivity index (χ0v) is 11.7. The first-order valence-electron chi connectivity index (χ1n) is 7.39. The molecule has 2 N–H and O–H groups in total. The molecule has 5 heteroatoms. The van der Waals surface area contributed by atoms with Crippen LogP contribution in [0.3, 0.4) is 0 Å². The van der Waals surface area contributed by atoms with Gasteiger partial charge in [-0.1, -0.05) is 19.3 Å². The molecule has 0 aliphatic carbocycles. The molecule has 1 fully saturated rings. The Bertz CT molecular complexity index is 276. The maximum Gasteiger partial charge on any atom is 0.312 e. The number of nitrogens with one attached hydrogen (secondary N) is 1. The Morgan fingerprint density at radius 2 is 1.68 bits per heavy atom. The van der Waals surface area contributed by atoms with Crippen LogP contribution in [0.15, 0.2) is 0 Å². The molecule has 0 radical (unpaired) electrons. The van der Waals surface area contributed by atoms with Crippen LogP contribution in [0.25, 0.3) is 0 Å². The standard InChI is InChI=1S/C14H26N2O3/c17-13(12-14(18)19)15-8-4-1-2-5-9-16-10-6-3-7-11-16/h1-12H2,(H,15,17)(H,18,19). The van der Waals surface area contributed by atoms with E-state index in [4.69, 9.17) is 5.11 Å². The van der Waals surface area contributed by atoms with Crippen molar-refractivity contribution in [2.45, 2.75) is 51.4 Å². The Hall–Kier alpha value is -1.10. The fraction of sp³-hybridized carbons (Fsp3) is 0.857. The third-order valence-corrected chi connectivity index (χ3v) is 3.48. The van der Waals surface area contributed by atoms with Gasteiger partial charge in [-0.15, -0.1) is 0 Å². The molecule has 1 heterocycles.